The monoisotopic (exact) mass is 267 g/mol. The number of methoxy groups -OCH3 is 1. The molecule has 0 saturated carbocycles. The third kappa shape index (κ3) is 5.67. The summed E-state index contributed by atoms with van der Waals surface area (Å²) in [6, 6.07) is 1.63. The smallest absolute Gasteiger partial charge is 0.253 e. The Hall–Kier alpha value is -1.66. The summed E-state index contributed by atoms with van der Waals surface area (Å²) < 4.78 is 10.2. The summed E-state index contributed by atoms with van der Waals surface area (Å²) in [6.45, 7) is 4.09. The van der Waals surface area contributed by atoms with Gasteiger partial charge in [-0.2, -0.15) is 0 Å². The second-order valence-corrected chi connectivity index (χ2v) is 4.12. The topological polar surface area (TPSA) is 86.5 Å². The molecule has 0 saturated heterocycles. The normalized spacial score (nSPS) is 10.4. The third-order valence-corrected chi connectivity index (χ3v) is 2.54. The lowest BCUT2D eigenvalue weighted by molar-refractivity contribution is 0.0688. The molecule has 0 bridgehead atoms. The fourth-order valence-electron chi connectivity index (χ4n) is 1.49. The maximum atomic E-state index is 11.9. The molecule has 19 heavy (non-hydrogen) atoms. The number of amides is 1. The van der Waals surface area contributed by atoms with Crippen LogP contribution in [0.2, 0.25) is 0 Å². The fourth-order valence-corrected chi connectivity index (χ4v) is 1.49. The van der Waals surface area contributed by atoms with Crippen molar-refractivity contribution in [2.75, 3.05) is 39.2 Å². The first-order chi connectivity index (χ1) is 9.15. The highest BCUT2D eigenvalue weighted by molar-refractivity contribution is 5.95. The highest BCUT2D eigenvalue weighted by Crippen LogP contribution is 2.09. The molecule has 106 valence electrons. The molecule has 0 radical (unpaired) electrons. The van der Waals surface area contributed by atoms with Gasteiger partial charge >= 0.3 is 0 Å². The van der Waals surface area contributed by atoms with Gasteiger partial charge < -0.3 is 20.5 Å². The molecule has 1 aromatic heterocycles. The Bertz CT molecular complexity index is 410. The first kappa shape index (κ1) is 15.4. The first-order valence-electron chi connectivity index (χ1n) is 6.22. The number of nitrogens with zero attached hydrogens (tertiary/aromatic N) is 1. The first-order valence-corrected chi connectivity index (χ1v) is 6.22. The zero-order valence-electron chi connectivity index (χ0n) is 11.4. The lowest BCUT2D eigenvalue weighted by atomic mass is 10.2. The minimum atomic E-state index is -0.158. The highest BCUT2D eigenvalue weighted by atomic mass is 16.5. The van der Waals surface area contributed by atoms with Gasteiger partial charge in [0.2, 0.25) is 0 Å². The molecule has 0 atom stereocenters. The van der Waals surface area contributed by atoms with Crippen molar-refractivity contribution in [3.8, 4) is 0 Å². The van der Waals surface area contributed by atoms with E-state index in [1.165, 1.54) is 6.20 Å². The number of nitrogen functional groups attached to an aromatic ring is 1. The summed E-state index contributed by atoms with van der Waals surface area (Å²) in [7, 11) is 1.63. The molecule has 1 heterocycles. The Morgan fingerprint density at radius 1 is 1.42 bits per heavy atom. The Kier molecular flexibility index (Phi) is 6.84. The second-order valence-electron chi connectivity index (χ2n) is 4.12. The van der Waals surface area contributed by atoms with Gasteiger partial charge in [0.1, 0.15) is 0 Å². The molecule has 0 spiro atoms. The van der Waals surface area contributed by atoms with E-state index in [1.54, 1.807) is 20.1 Å². The number of hydrogen-bond donors (Lipinski definition) is 2. The zero-order chi connectivity index (χ0) is 14.1. The van der Waals surface area contributed by atoms with Crippen molar-refractivity contribution in [1.29, 1.82) is 0 Å². The van der Waals surface area contributed by atoms with Crippen LogP contribution in [0, 0.1) is 6.92 Å². The Balaban J connectivity index is 2.26. The van der Waals surface area contributed by atoms with Crippen molar-refractivity contribution >= 4 is 11.6 Å². The van der Waals surface area contributed by atoms with Gasteiger partial charge in [-0.15, -0.1) is 0 Å². The van der Waals surface area contributed by atoms with E-state index in [-0.39, 0.29) is 5.91 Å². The lowest BCUT2D eigenvalue weighted by Crippen LogP contribution is -2.26. The molecule has 1 aromatic rings. The molecule has 0 unspecified atom stereocenters. The van der Waals surface area contributed by atoms with E-state index in [0.29, 0.717) is 43.3 Å². The van der Waals surface area contributed by atoms with Crippen molar-refractivity contribution < 1.29 is 14.3 Å². The van der Waals surface area contributed by atoms with Crippen LogP contribution in [0.1, 0.15) is 22.5 Å². The SMILES string of the molecule is COCCOCCCNC(=O)c1cc(N)cnc1C. The fraction of sp³-hybridized carbons (Fsp3) is 0.538. The average Bonchev–Trinajstić information content (AvgIpc) is 2.40. The minimum absolute atomic E-state index is 0.158. The Morgan fingerprint density at radius 3 is 2.95 bits per heavy atom. The number of hydrogen-bond acceptors (Lipinski definition) is 5. The number of pyridine rings is 1. The van der Waals surface area contributed by atoms with E-state index in [9.17, 15) is 4.79 Å². The van der Waals surface area contributed by atoms with Crippen molar-refractivity contribution in [2.24, 2.45) is 0 Å². The van der Waals surface area contributed by atoms with E-state index in [0.717, 1.165) is 6.42 Å². The van der Waals surface area contributed by atoms with Gasteiger partial charge in [-0.05, 0) is 19.4 Å². The quantitative estimate of drug-likeness (QED) is 0.679. The summed E-state index contributed by atoms with van der Waals surface area (Å²) in [5.41, 5.74) is 7.28. The van der Waals surface area contributed by atoms with Crippen molar-refractivity contribution in [1.82, 2.24) is 10.3 Å². The van der Waals surface area contributed by atoms with Crippen LogP contribution in [0.3, 0.4) is 0 Å². The Morgan fingerprint density at radius 2 is 2.21 bits per heavy atom. The lowest BCUT2D eigenvalue weighted by Gasteiger charge is -2.08. The maximum Gasteiger partial charge on any atom is 0.253 e. The minimum Gasteiger partial charge on any atom is -0.397 e. The zero-order valence-corrected chi connectivity index (χ0v) is 11.4. The number of nitrogens with two attached hydrogens (primary N) is 1. The number of aryl methyl sites for hydroxylation is 1. The van der Waals surface area contributed by atoms with Gasteiger partial charge in [-0.25, -0.2) is 0 Å². The standard InChI is InChI=1S/C13H21N3O3/c1-10-12(8-11(14)9-16-10)13(17)15-4-3-5-19-7-6-18-2/h8-9H,3-7,14H2,1-2H3,(H,15,17). The van der Waals surface area contributed by atoms with Gasteiger partial charge in [0.15, 0.2) is 0 Å². The van der Waals surface area contributed by atoms with Crippen LogP contribution >= 0.6 is 0 Å². The van der Waals surface area contributed by atoms with E-state index < -0.39 is 0 Å². The van der Waals surface area contributed by atoms with Gasteiger partial charge in [0.05, 0.1) is 36.4 Å². The number of nitrogens with one attached hydrogen (secondary N) is 1. The van der Waals surface area contributed by atoms with Gasteiger partial charge in [-0.3, -0.25) is 9.78 Å². The van der Waals surface area contributed by atoms with Crippen LogP contribution in [0.25, 0.3) is 0 Å². The molecule has 6 heteroatoms. The molecule has 0 aromatic carbocycles. The number of ether oxygens (including phenoxy) is 2. The summed E-state index contributed by atoms with van der Waals surface area (Å²) >= 11 is 0. The molecule has 0 aliphatic heterocycles. The van der Waals surface area contributed by atoms with E-state index in [4.69, 9.17) is 15.2 Å². The predicted molar refractivity (Wildman–Crippen MR) is 73.0 cm³/mol. The number of anilines is 1. The molecular formula is C13H21N3O3. The second kappa shape index (κ2) is 8.44. The summed E-state index contributed by atoms with van der Waals surface area (Å²) in [5.74, 6) is -0.158. The summed E-state index contributed by atoms with van der Waals surface area (Å²) in [5, 5.41) is 2.81. The van der Waals surface area contributed by atoms with Crippen LogP contribution in [0.4, 0.5) is 5.69 Å². The summed E-state index contributed by atoms with van der Waals surface area (Å²) in [4.78, 5) is 15.9. The molecule has 3 N–H and O–H groups in total. The molecule has 6 nitrogen and oxygen atoms in total. The average molecular weight is 267 g/mol. The van der Waals surface area contributed by atoms with Crippen LogP contribution in [0.15, 0.2) is 12.3 Å². The summed E-state index contributed by atoms with van der Waals surface area (Å²) in [6.07, 6.45) is 2.29. The van der Waals surface area contributed by atoms with Crippen molar-refractivity contribution in [2.45, 2.75) is 13.3 Å². The van der Waals surface area contributed by atoms with Crippen LogP contribution in [0.5, 0.6) is 0 Å². The van der Waals surface area contributed by atoms with E-state index >= 15 is 0 Å². The van der Waals surface area contributed by atoms with Crippen LogP contribution in [-0.2, 0) is 9.47 Å². The molecule has 1 rings (SSSR count). The van der Waals surface area contributed by atoms with Crippen molar-refractivity contribution in [3.05, 3.63) is 23.5 Å². The highest BCUT2D eigenvalue weighted by Gasteiger charge is 2.09. The molecule has 0 aliphatic carbocycles. The van der Waals surface area contributed by atoms with Crippen LogP contribution in [-0.4, -0.2) is 44.4 Å². The van der Waals surface area contributed by atoms with Gasteiger partial charge in [0.25, 0.3) is 5.91 Å². The van der Waals surface area contributed by atoms with Crippen molar-refractivity contribution in [3.63, 3.8) is 0 Å². The van der Waals surface area contributed by atoms with E-state index in [2.05, 4.69) is 10.3 Å². The third-order valence-electron chi connectivity index (χ3n) is 2.54. The molecule has 1 amide bonds. The molecular weight excluding hydrogens is 246 g/mol. The van der Waals surface area contributed by atoms with Gasteiger partial charge in [0, 0.05) is 20.3 Å². The Labute approximate surface area is 113 Å². The number of rotatable bonds is 8. The van der Waals surface area contributed by atoms with Crippen LogP contribution < -0.4 is 11.1 Å². The maximum absolute atomic E-state index is 11.9. The number of carbonyl (C=O) groups excluding carboxylic acids is 1. The predicted octanol–water partition coefficient (Wildman–Crippen LogP) is 0.755. The number of carbonyl (C=O) groups is 1. The molecule has 0 fully saturated rings. The largest absolute Gasteiger partial charge is 0.397 e. The number of aromatic nitrogens is 1. The molecule has 0 aliphatic rings. The van der Waals surface area contributed by atoms with E-state index in [1.807, 2.05) is 0 Å². The van der Waals surface area contributed by atoms with Gasteiger partial charge in [-0.1, -0.05) is 0 Å².